The Morgan fingerprint density at radius 2 is 1.87 bits per heavy atom. The van der Waals surface area contributed by atoms with E-state index in [4.69, 9.17) is 4.42 Å². The van der Waals surface area contributed by atoms with Crippen LogP contribution in [0.5, 0.6) is 0 Å². The van der Waals surface area contributed by atoms with Crippen LogP contribution in [0.15, 0.2) is 65.5 Å². The van der Waals surface area contributed by atoms with Crippen LogP contribution in [-0.2, 0) is 11.3 Å². The number of fused-ring (bicyclic) bond motifs is 1. The van der Waals surface area contributed by atoms with Crippen LogP contribution < -0.4 is 5.32 Å². The molecular weight excluding hydrogens is 600 g/mol. The SMILES string of the molecule is CCn1c(SCC(=O)Nc2cc(Br)ccc2Br)nnc1-c1cc2cc(Br)ccc2o1. The first kappa shape index (κ1) is 21.6. The van der Waals surface area contributed by atoms with Gasteiger partial charge in [-0.15, -0.1) is 10.2 Å². The average Bonchev–Trinajstić information content (AvgIpc) is 3.32. The predicted octanol–water partition coefficient (Wildman–Crippen LogP) is 6.73. The van der Waals surface area contributed by atoms with Gasteiger partial charge in [0, 0.05) is 25.3 Å². The van der Waals surface area contributed by atoms with E-state index in [0.717, 1.165) is 24.4 Å². The lowest BCUT2D eigenvalue weighted by Gasteiger charge is -2.08. The molecule has 0 atom stereocenters. The number of carbonyl (C=O) groups excluding carboxylic acids is 1. The first-order valence-electron chi connectivity index (χ1n) is 8.95. The molecule has 4 aromatic rings. The predicted molar refractivity (Wildman–Crippen MR) is 130 cm³/mol. The second kappa shape index (κ2) is 9.25. The van der Waals surface area contributed by atoms with Gasteiger partial charge in [0.25, 0.3) is 0 Å². The molecule has 154 valence electrons. The maximum absolute atomic E-state index is 12.4. The maximum Gasteiger partial charge on any atom is 0.234 e. The van der Waals surface area contributed by atoms with Crippen molar-refractivity contribution in [3.8, 4) is 11.6 Å². The van der Waals surface area contributed by atoms with E-state index in [2.05, 4.69) is 63.3 Å². The number of hydrogen-bond acceptors (Lipinski definition) is 5. The molecule has 0 saturated carbocycles. The van der Waals surface area contributed by atoms with Crippen molar-refractivity contribution in [1.29, 1.82) is 0 Å². The van der Waals surface area contributed by atoms with Gasteiger partial charge in [0.2, 0.25) is 11.7 Å². The summed E-state index contributed by atoms with van der Waals surface area (Å²) < 4.78 is 10.6. The molecule has 0 aliphatic rings. The normalized spacial score (nSPS) is 11.2. The van der Waals surface area contributed by atoms with Gasteiger partial charge in [0.05, 0.1) is 11.4 Å². The van der Waals surface area contributed by atoms with Crippen LogP contribution in [0.25, 0.3) is 22.6 Å². The summed E-state index contributed by atoms with van der Waals surface area (Å²) in [5, 5.41) is 13.1. The number of hydrogen-bond donors (Lipinski definition) is 1. The van der Waals surface area contributed by atoms with Crippen LogP contribution in [0, 0.1) is 0 Å². The Labute approximate surface area is 202 Å². The number of aromatic nitrogens is 3. The highest BCUT2D eigenvalue weighted by Crippen LogP contribution is 2.31. The van der Waals surface area contributed by atoms with Gasteiger partial charge in [-0.05, 0) is 65.3 Å². The van der Waals surface area contributed by atoms with Crippen LogP contribution >= 0.6 is 59.6 Å². The lowest BCUT2D eigenvalue weighted by atomic mass is 10.2. The van der Waals surface area contributed by atoms with E-state index in [1.165, 1.54) is 11.8 Å². The summed E-state index contributed by atoms with van der Waals surface area (Å²) in [6, 6.07) is 13.4. The van der Waals surface area contributed by atoms with Gasteiger partial charge < -0.3 is 9.73 Å². The molecule has 1 N–H and O–H groups in total. The lowest BCUT2D eigenvalue weighted by molar-refractivity contribution is -0.113. The molecule has 10 heteroatoms. The zero-order valence-corrected chi connectivity index (χ0v) is 21.2. The van der Waals surface area contributed by atoms with Crippen LogP contribution in [-0.4, -0.2) is 26.4 Å². The molecule has 1 amide bonds. The van der Waals surface area contributed by atoms with Gasteiger partial charge in [-0.1, -0.05) is 43.6 Å². The van der Waals surface area contributed by atoms with E-state index >= 15 is 0 Å². The number of carbonyl (C=O) groups is 1. The number of rotatable bonds is 6. The third-order valence-corrected chi connectivity index (χ3v) is 6.91. The standard InChI is InChI=1S/C20H15Br3N4O2S/c1-2-27-19(17-8-11-7-12(21)4-6-16(11)29-17)25-26-20(27)30-10-18(28)24-15-9-13(22)3-5-14(15)23/h3-9H,2,10H2,1H3,(H,24,28). The number of amides is 1. The number of benzene rings is 2. The van der Waals surface area contributed by atoms with Crippen molar-refractivity contribution < 1.29 is 9.21 Å². The molecule has 0 spiro atoms. The highest BCUT2D eigenvalue weighted by atomic mass is 79.9. The zero-order chi connectivity index (χ0) is 21.3. The van der Waals surface area contributed by atoms with Crippen LogP contribution in [0.4, 0.5) is 5.69 Å². The summed E-state index contributed by atoms with van der Waals surface area (Å²) in [4.78, 5) is 12.4. The third kappa shape index (κ3) is 4.66. The van der Waals surface area contributed by atoms with E-state index in [1.54, 1.807) is 0 Å². The van der Waals surface area contributed by atoms with Gasteiger partial charge in [0.15, 0.2) is 10.9 Å². The summed E-state index contributed by atoms with van der Waals surface area (Å²) in [6.45, 7) is 2.67. The molecule has 6 nitrogen and oxygen atoms in total. The van der Waals surface area contributed by atoms with Gasteiger partial charge in [-0.2, -0.15) is 0 Å². The highest BCUT2D eigenvalue weighted by molar-refractivity contribution is 9.11. The number of nitrogens with one attached hydrogen (secondary N) is 1. The smallest absolute Gasteiger partial charge is 0.234 e. The van der Waals surface area contributed by atoms with E-state index < -0.39 is 0 Å². The Morgan fingerprint density at radius 3 is 2.67 bits per heavy atom. The number of thioether (sulfide) groups is 1. The Bertz CT molecular complexity index is 1240. The van der Waals surface area contributed by atoms with Crippen molar-refractivity contribution in [2.24, 2.45) is 0 Å². The van der Waals surface area contributed by atoms with Crippen molar-refractivity contribution in [3.05, 3.63) is 55.9 Å². The van der Waals surface area contributed by atoms with E-state index in [9.17, 15) is 4.79 Å². The van der Waals surface area contributed by atoms with Gasteiger partial charge in [-0.25, -0.2) is 0 Å². The Hall–Kier alpha value is -1.62. The van der Waals surface area contributed by atoms with Crippen molar-refractivity contribution in [1.82, 2.24) is 14.8 Å². The number of anilines is 1. The molecule has 0 saturated heterocycles. The second-order valence-electron chi connectivity index (χ2n) is 6.30. The number of halogens is 3. The second-order valence-corrected chi connectivity index (χ2v) is 9.93. The molecule has 0 aliphatic heterocycles. The van der Waals surface area contributed by atoms with Gasteiger partial charge in [0.1, 0.15) is 5.58 Å². The summed E-state index contributed by atoms with van der Waals surface area (Å²) in [7, 11) is 0. The average molecular weight is 615 g/mol. The minimum atomic E-state index is -0.125. The minimum absolute atomic E-state index is 0.125. The van der Waals surface area contributed by atoms with Crippen molar-refractivity contribution in [3.63, 3.8) is 0 Å². The fraction of sp³-hybridized carbons (Fsp3) is 0.150. The number of furan rings is 1. The summed E-state index contributed by atoms with van der Waals surface area (Å²) in [5.41, 5.74) is 1.49. The van der Waals surface area contributed by atoms with Crippen LogP contribution in [0.3, 0.4) is 0 Å². The Kier molecular flexibility index (Phi) is 6.66. The fourth-order valence-corrected chi connectivity index (χ4v) is 4.78. The Balaban J connectivity index is 1.50. The molecule has 2 heterocycles. The summed E-state index contributed by atoms with van der Waals surface area (Å²) >= 11 is 11.7. The van der Waals surface area contributed by atoms with Crippen molar-refractivity contribution in [2.45, 2.75) is 18.6 Å². The molecule has 0 bridgehead atoms. The van der Waals surface area contributed by atoms with Gasteiger partial charge >= 0.3 is 0 Å². The van der Waals surface area contributed by atoms with E-state index in [1.807, 2.05) is 54.0 Å². The van der Waals surface area contributed by atoms with Crippen LogP contribution in [0.2, 0.25) is 0 Å². The zero-order valence-electron chi connectivity index (χ0n) is 15.7. The quantitative estimate of drug-likeness (QED) is 0.244. The fourth-order valence-electron chi connectivity index (χ4n) is 2.90. The summed E-state index contributed by atoms with van der Waals surface area (Å²) in [5.74, 6) is 1.37. The largest absolute Gasteiger partial charge is 0.453 e. The molecule has 0 fully saturated rings. The van der Waals surface area contributed by atoms with Crippen molar-refractivity contribution >= 4 is 82.1 Å². The monoisotopic (exact) mass is 612 g/mol. The molecule has 2 aromatic carbocycles. The summed E-state index contributed by atoms with van der Waals surface area (Å²) in [6.07, 6.45) is 0. The molecule has 4 rings (SSSR count). The molecule has 2 aromatic heterocycles. The first-order chi connectivity index (χ1) is 14.4. The topological polar surface area (TPSA) is 73.0 Å². The minimum Gasteiger partial charge on any atom is -0.453 e. The van der Waals surface area contributed by atoms with Crippen LogP contribution in [0.1, 0.15) is 6.92 Å². The molecule has 0 radical (unpaired) electrons. The van der Waals surface area contributed by atoms with E-state index in [-0.39, 0.29) is 11.7 Å². The molecular formula is C20H15Br3N4O2S. The van der Waals surface area contributed by atoms with Gasteiger partial charge in [-0.3, -0.25) is 9.36 Å². The number of nitrogens with zero attached hydrogens (tertiary/aromatic N) is 3. The first-order valence-corrected chi connectivity index (χ1v) is 12.3. The Morgan fingerprint density at radius 1 is 1.10 bits per heavy atom. The molecule has 30 heavy (non-hydrogen) atoms. The molecule has 0 aliphatic carbocycles. The third-order valence-electron chi connectivity index (χ3n) is 4.27. The maximum atomic E-state index is 12.4. The van der Waals surface area contributed by atoms with E-state index in [0.29, 0.717) is 29.0 Å². The highest BCUT2D eigenvalue weighted by Gasteiger charge is 2.18. The van der Waals surface area contributed by atoms with Crippen molar-refractivity contribution in [2.75, 3.05) is 11.1 Å². The molecule has 0 unspecified atom stereocenters. The lowest BCUT2D eigenvalue weighted by Crippen LogP contribution is -2.15.